The summed E-state index contributed by atoms with van der Waals surface area (Å²) in [5.74, 6) is 0.553. The van der Waals surface area contributed by atoms with E-state index in [1.807, 2.05) is 18.2 Å². The molecule has 6 heteroatoms. The number of aryl methyl sites for hydroxylation is 1. The number of nitrogens with one attached hydrogen (secondary N) is 1. The smallest absolute Gasteiger partial charge is 0.224 e. The zero-order valence-electron chi connectivity index (χ0n) is 14.6. The van der Waals surface area contributed by atoms with E-state index in [9.17, 15) is 14.0 Å². The molecule has 5 rings (SSSR count). The van der Waals surface area contributed by atoms with Gasteiger partial charge in [-0.15, -0.1) is 0 Å². The van der Waals surface area contributed by atoms with Crippen molar-refractivity contribution in [3.8, 4) is 0 Å². The number of Topliss-reactive ketones (excluding diaryl/α,β-unsaturated/α-hetero) is 1. The molecule has 5 nitrogen and oxygen atoms in total. The van der Waals surface area contributed by atoms with E-state index in [1.54, 1.807) is 18.2 Å². The maximum Gasteiger partial charge on any atom is 0.224 e. The Morgan fingerprint density at radius 2 is 2.07 bits per heavy atom. The van der Waals surface area contributed by atoms with Crippen molar-refractivity contribution in [2.45, 2.75) is 31.8 Å². The van der Waals surface area contributed by atoms with Gasteiger partial charge in [-0.1, -0.05) is 24.3 Å². The third-order valence-corrected chi connectivity index (χ3v) is 5.53. The second kappa shape index (κ2) is 6.01. The van der Waals surface area contributed by atoms with Gasteiger partial charge >= 0.3 is 0 Å². The van der Waals surface area contributed by atoms with Crippen LogP contribution in [-0.2, 0) is 17.9 Å². The Hall–Kier alpha value is -3.02. The summed E-state index contributed by atoms with van der Waals surface area (Å²) >= 11 is 0. The minimum absolute atomic E-state index is 0.0547. The molecule has 136 valence electrons. The molecule has 0 radical (unpaired) electrons. The topological polar surface area (TPSA) is 64.0 Å². The zero-order chi connectivity index (χ0) is 18.5. The number of carbonyl (C=O) groups excluding carboxylic acids is 2. The number of carbonyl (C=O) groups is 2. The van der Waals surface area contributed by atoms with Gasteiger partial charge in [0.05, 0.1) is 11.0 Å². The molecule has 1 aliphatic carbocycles. The maximum absolute atomic E-state index is 13.7. The Morgan fingerprint density at radius 1 is 1.22 bits per heavy atom. The predicted molar refractivity (Wildman–Crippen MR) is 97.8 cm³/mol. The summed E-state index contributed by atoms with van der Waals surface area (Å²) in [7, 11) is 0. The van der Waals surface area contributed by atoms with E-state index in [0.29, 0.717) is 18.5 Å². The zero-order valence-corrected chi connectivity index (χ0v) is 14.6. The molecule has 2 aromatic carbocycles. The van der Waals surface area contributed by atoms with Gasteiger partial charge in [-0.2, -0.15) is 0 Å². The molecule has 2 unspecified atom stereocenters. The molecule has 1 aromatic heterocycles. The molecule has 0 bridgehead atoms. The van der Waals surface area contributed by atoms with Crippen LogP contribution in [0, 0.1) is 11.7 Å². The first-order valence-corrected chi connectivity index (χ1v) is 9.17. The molecule has 0 spiro atoms. The molecule has 1 amide bonds. The predicted octanol–water partition coefficient (Wildman–Crippen LogP) is 3.18. The van der Waals surface area contributed by atoms with E-state index < -0.39 is 0 Å². The van der Waals surface area contributed by atoms with E-state index in [1.165, 1.54) is 6.07 Å². The summed E-state index contributed by atoms with van der Waals surface area (Å²) in [5.41, 5.74) is 2.90. The van der Waals surface area contributed by atoms with E-state index in [2.05, 4.69) is 9.88 Å². The number of rotatable bonds is 4. The van der Waals surface area contributed by atoms with Crippen LogP contribution in [0.15, 0.2) is 42.5 Å². The Bertz CT molecular complexity index is 1090. The fraction of sp³-hybridized carbons (Fsp3) is 0.286. The molecule has 1 fully saturated rings. The van der Waals surface area contributed by atoms with Crippen LogP contribution in [0.5, 0.6) is 0 Å². The molecular weight excluding hydrogens is 345 g/mol. The van der Waals surface area contributed by atoms with Gasteiger partial charge in [-0.05, 0) is 24.6 Å². The number of imidazole rings is 1. The summed E-state index contributed by atoms with van der Waals surface area (Å²) in [6, 6.07) is 12.1. The number of para-hydroxylation sites is 1. The molecular formula is C21H18FN3O2. The van der Waals surface area contributed by atoms with Crippen LogP contribution in [0.25, 0.3) is 11.0 Å². The second-order valence-corrected chi connectivity index (χ2v) is 7.23. The highest BCUT2D eigenvalue weighted by Gasteiger charge is 2.47. The maximum atomic E-state index is 13.7. The van der Waals surface area contributed by atoms with Gasteiger partial charge < -0.3 is 9.88 Å². The number of benzene rings is 2. The quantitative estimate of drug-likeness (QED) is 0.774. The lowest BCUT2D eigenvalue weighted by Crippen LogP contribution is -2.25. The second-order valence-electron chi connectivity index (χ2n) is 7.23. The molecule has 2 heterocycles. The number of aromatic nitrogens is 2. The average molecular weight is 363 g/mol. The SMILES string of the molecule is O=C1CCn2c(C3CC3C(=O)NCc3ccccc3F)nc3cccc1c32. The highest BCUT2D eigenvalue weighted by atomic mass is 19.1. The Kier molecular flexibility index (Phi) is 3.60. The summed E-state index contributed by atoms with van der Waals surface area (Å²) in [4.78, 5) is 29.4. The van der Waals surface area contributed by atoms with Crippen LogP contribution in [0.2, 0.25) is 0 Å². The molecule has 27 heavy (non-hydrogen) atoms. The summed E-state index contributed by atoms with van der Waals surface area (Å²) in [6.45, 7) is 0.797. The van der Waals surface area contributed by atoms with Crippen LogP contribution >= 0.6 is 0 Å². The van der Waals surface area contributed by atoms with Crippen molar-refractivity contribution in [2.75, 3.05) is 0 Å². The van der Waals surface area contributed by atoms with E-state index in [4.69, 9.17) is 4.98 Å². The van der Waals surface area contributed by atoms with Crippen LogP contribution < -0.4 is 5.32 Å². The molecule has 2 atom stereocenters. The normalized spacial score (nSPS) is 20.7. The van der Waals surface area contributed by atoms with E-state index >= 15 is 0 Å². The van der Waals surface area contributed by atoms with Crippen molar-refractivity contribution >= 4 is 22.7 Å². The van der Waals surface area contributed by atoms with Crippen LogP contribution in [0.1, 0.15) is 40.5 Å². The van der Waals surface area contributed by atoms with Crippen molar-refractivity contribution < 1.29 is 14.0 Å². The van der Waals surface area contributed by atoms with Gasteiger partial charge in [0.25, 0.3) is 0 Å². The molecule has 1 aliphatic heterocycles. The first kappa shape index (κ1) is 16.2. The van der Waals surface area contributed by atoms with Gasteiger partial charge in [0, 0.05) is 42.5 Å². The number of amides is 1. The highest BCUT2D eigenvalue weighted by Crippen LogP contribution is 2.48. The van der Waals surface area contributed by atoms with Crippen molar-refractivity contribution in [3.63, 3.8) is 0 Å². The van der Waals surface area contributed by atoms with Crippen molar-refractivity contribution in [3.05, 3.63) is 65.2 Å². The number of ketones is 1. The Balaban J connectivity index is 1.35. The summed E-state index contributed by atoms with van der Waals surface area (Å²) in [6.07, 6.45) is 1.20. The number of halogens is 1. The van der Waals surface area contributed by atoms with E-state index in [0.717, 1.165) is 28.8 Å². The third-order valence-electron chi connectivity index (χ3n) is 5.53. The van der Waals surface area contributed by atoms with E-state index in [-0.39, 0.29) is 35.9 Å². The van der Waals surface area contributed by atoms with Crippen LogP contribution in [0.4, 0.5) is 4.39 Å². The average Bonchev–Trinajstić information content (AvgIpc) is 3.39. The van der Waals surface area contributed by atoms with Gasteiger partial charge in [0.1, 0.15) is 11.6 Å². The summed E-state index contributed by atoms with van der Waals surface area (Å²) < 4.78 is 15.8. The minimum Gasteiger partial charge on any atom is -0.352 e. The monoisotopic (exact) mass is 363 g/mol. The third kappa shape index (κ3) is 2.63. The molecule has 1 saturated carbocycles. The van der Waals surface area contributed by atoms with Gasteiger partial charge in [0.2, 0.25) is 5.91 Å². The molecule has 1 N–H and O–H groups in total. The van der Waals surface area contributed by atoms with Gasteiger partial charge in [-0.25, -0.2) is 9.37 Å². The van der Waals surface area contributed by atoms with Crippen molar-refractivity contribution in [1.82, 2.24) is 14.9 Å². The number of hydrogen-bond donors (Lipinski definition) is 1. The fourth-order valence-electron chi connectivity index (χ4n) is 4.01. The Labute approximate surface area is 155 Å². The fourth-order valence-corrected chi connectivity index (χ4v) is 4.01. The van der Waals surface area contributed by atoms with Crippen molar-refractivity contribution in [2.24, 2.45) is 5.92 Å². The largest absolute Gasteiger partial charge is 0.352 e. The standard InChI is InChI=1S/C21H18FN3O2/c22-16-6-2-1-4-12(16)11-23-21(27)15-10-14(15)20-24-17-7-3-5-13-18(26)8-9-25(20)19(13)17/h1-7,14-15H,8-11H2,(H,23,27). The first-order valence-electron chi connectivity index (χ1n) is 9.17. The number of nitrogens with zero attached hydrogens (tertiary/aromatic N) is 2. The van der Waals surface area contributed by atoms with Crippen LogP contribution in [-0.4, -0.2) is 21.2 Å². The van der Waals surface area contributed by atoms with Gasteiger partial charge in [0.15, 0.2) is 5.78 Å². The minimum atomic E-state index is -0.314. The highest BCUT2D eigenvalue weighted by molar-refractivity contribution is 6.07. The van der Waals surface area contributed by atoms with Gasteiger partial charge in [-0.3, -0.25) is 9.59 Å². The molecule has 0 saturated heterocycles. The molecule has 2 aliphatic rings. The Morgan fingerprint density at radius 3 is 2.93 bits per heavy atom. The summed E-state index contributed by atoms with van der Waals surface area (Å²) in [5, 5.41) is 2.84. The lowest BCUT2D eigenvalue weighted by Gasteiger charge is -2.15. The lowest BCUT2D eigenvalue weighted by molar-refractivity contribution is -0.122. The van der Waals surface area contributed by atoms with Crippen LogP contribution in [0.3, 0.4) is 0 Å². The van der Waals surface area contributed by atoms with Crippen molar-refractivity contribution in [1.29, 1.82) is 0 Å². The number of hydrogen-bond acceptors (Lipinski definition) is 3. The lowest BCUT2D eigenvalue weighted by atomic mass is 10.0. The first-order chi connectivity index (χ1) is 13.1. The molecule has 3 aromatic rings.